The lowest BCUT2D eigenvalue weighted by atomic mass is 10.1. The van der Waals surface area contributed by atoms with E-state index in [2.05, 4.69) is 14.6 Å². The van der Waals surface area contributed by atoms with E-state index in [1.807, 2.05) is 23.1 Å². The number of amides is 2. The van der Waals surface area contributed by atoms with Gasteiger partial charge in [0.2, 0.25) is 5.91 Å². The fourth-order valence-corrected chi connectivity index (χ4v) is 3.86. The first-order valence-corrected chi connectivity index (χ1v) is 9.82. The monoisotopic (exact) mass is 436 g/mol. The Kier molecular flexibility index (Phi) is 5.57. The number of anilines is 2. The molecule has 1 aromatic heterocycles. The number of imide groups is 1. The second kappa shape index (κ2) is 8.16. The maximum atomic E-state index is 12.9. The summed E-state index contributed by atoms with van der Waals surface area (Å²) in [7, 11) is 0. The number of hydrogen-bond donors (Lipinski definition) is 0. The van der Waals surface area contributed by atoms with Crippen LogP contribution in [0, 0.1) is 0 Å². The van der Waals surface area contributed by atoms with E-state index in [0.717, 1.165) is 10.7 Å². The van der Waals surface area contributed by atoms with Gasteiger partial charge in [-0.15, -0.1) is 8.78 Å². The fourth-order valence-electron chi connectivity index (χ4n) is 3.77. The molecule has 0 saturated carbocycles. The Morgan fingerprint density at radius 2 is 1.73 bits per heavy atom. The van der Waals surface area contributed by atoms with Gasteiger partial charge >= 0.3 is 5.57 Å². The third-order valence-corrected chi connectivity index (χ3v) is 5.26. The SMILES string of the molecule is O=C1C[C@H](N2CCN(c3ccccn3)CC2)C(=O)N1c1ccc(OC(F)(F)Cl)cc1. The van der Waals surface area contributed by atoms with Crippen molar-refractivity contribution in [3.05, 3.63) is 48.7 Å². The van der Waals surface area contributed by atoms with Crippen molar-refractivity contribution in [3.8, 4) is 5.75 Å². The molecule has 0 N–H and O–H groups in total. The molecule has 0 aliphatic carbocycles. The molecule has 2 aliphatic rings. The topological polar surface area (TPSA) is 66.0 Å². The first-order chi connectivity index (χ1) is 14.3. The molecule has 0 radical (unpaired) electrons. The number of rotatable bonds is 5. The fraction of sp³-hybridized carbons (Fsp3) is 0.350. The molecule has 7 nitrogen and oxygen atoms in total. The van der Waals surface area contributed by atoms with Gasteiger partial charge in [0, 0.05) is 44.0 Å². The third-order valence-electron chi connectivity index (χ3n) is 5.18. The maximum absolute atomic E-state index is 12.9. The molecule has 0 bridgehead atoms. The number of ether oxygens (including phenoxy) is 1. The highest BCUT2D eigenvalue weighted by Crippen LogP contribution is 2.30. The molecule has 10 heteroatoms. The Hall–Kier alpha value is -2.78. The lowest BCUT2D eigenvalue weighted by molar-refractivity contribution is -0.123. The van der Waals surface area contributed by atoms with E-state index in [4.69, 9.17) is 11.6 Å². The Balaban J connectivity index is 1.41. The Labute approximate surface area is 176 Å². The van der Waals surface area contributed by atoms with E-state index < -0.39 is 11.6 Å². The standard InChI is InChI=1S/C20H19ClF2N4O3/c21-20(22,23)30-15-6-4-14(5-7-15)27-18(28)13-16(19(27)29)25-9-11-26(12-10-25)17-3-1-2-8-24-17/h1-8,16H,9-13H2/t16-/m0/s1. The van der Waals surface area contributed by atoms with Crippen molar-refractivity contribution in [1.29, 1.82) is 0 Å². The highest BCUT2D eigenvalue weighted by atomic mass is 35.5. The van der Waals surface area contributed by atoms with E-state index in [-0.39, 0.29) is 24.0 Å². The summed E-state index contributed by atoms with van der Waals surface area (Å²) in [4.78, 5) is 35.1. The van der Waals surface area contributed by atoms with Crippen molar-refractivity contribution >= 4 is 34.9 Å². The summed E-state index contributed by atoms with van der Waals surface area (Å²) in [5.41, 5.74) is -3.52. The smallest absolute Gasteiger partial charge is 0.420 e. The van der Waals surface area contributed by atoms with E-state index in [1.165, 1.54) is 24.3 Å². The molecule has 1 atom stereocenters. The van der Waals surface area contributed by atoms with Crippen molar-refractivity contribution in [2.24, 2.45) is 0 Å². The van der Waals surface area contributed by atoms with Gasteiger partial charge in [0.05, 0.1) is 18.2 Å². The Bertz CT molecular complexity index is 916. The van der Waals surface area contributed by atoms with Crippen LogP contribution in [-0.2, 0) is 9.59 Å². The predicted octanol–water partition coefficient (Wildman–Crippen LogP) is 2.70. The molecule has 0 spiro atoms. The molecular formula is C20H19ClF2N4O3. The minimum Gasteiger partial charge on any atom is -0.420 e. The summed E-state index contributed by atoms with van der Waals surface area (Å²) >= 11 is 4.75. The maximum Gasteiger partial charge on any atom is 0.487 e. The van der Waals surface area contributed by atoms with Gasteiger partial charge in [-0.1, -0.05) is 6.07 Å². The van der Waals surface area contributed by atoms with Crippen molar-refractivity contribution in [2.75, 3.05) is 36.0 Å². The molecule has 2 aliphatic heterocycles. The summed E-state index contributed by atoms with van der Waals surface area (Å²) in [6, 6.07) is 10.4. The van der Waals surface area contributed by atoms with E-state index in [1.54, 1.807) is 6.20 Å². The average molecular weight is 437 g/mol. The number of hydrogen-bond acceptors (Lipinski definition) is 6. The predicted molar refractivity (Wildman–Crippen MR) is 107 cm³/mol. The normalized spacial score (nSPS) is 20.7. The molecule has 2 amide bonds. The Morgan fingerprint density at radius 3 is 2.33 bits per heavy atom. The van der Waals surface area contributed by atoms with Crippen LogP contribution < -0.4 is 14.5 Å². The summed E-state index contributed by atoms with van der Waals surface area (Å²) in [5.74, 6) is 0.0774. The van der Waals surface area contributed by atoms with Gasteiger partial charge in [-0.2, -0.15) is 0 Å². The molecule has 2 aromatic rings. The molecule has 158 valence electrons. The number of aromatic nitrogens is 1. The summed E-state index contributed by atoms with van der Waals surface area (Å²) in [6.45, 7) is 2.67. The molecule has 30 heavy (non-hydrogen) atoms. The lowest BCUT2D eigenvalue weighted by Crippen LogP contribution is -2.52. The quantitative estimate of drug-likeness (QED) is 0.530. The van der Waals surface area contributed by atoms with Crippen molar-refractivity contribution < 1.29 is 23.1 Å². The number of pyridine rings is 1. The summed E-state index contributed by atoms with van der Waals surface area (Å²) in [6.07, 6.45) is 1.82. The zero-order valence-corrected chi connectivity index (χ0v) is 16.6. The first-order valence-electron chi connectivity index (χ1n) is 9.44. The van der Waals surface area contributed by atoms with Crippen LogP contribution >= 0.6 is 11.6 Å². The molecule has 4 rings (SSSR count). The van der Waals surface area contributed by atoms with Crippen LogP contribution in [0.15, 0.2) is 48.7 Å². The molecule has 1 aromatic carbocycles. The van der Waals surface area contributed by atoms with Gasteiger partial charge in [-0.3, -0.25) is 14.5 Å². The number of piperazine rings is 1. The van der Waals surface area contributed by atoms with E-state index in [0.29, 0.717) is 31.9 Å². The van der Waals surface area contributed by atoms with E-state index in [9.17, 15) is 18.4 Å². The Morgan fingerprint density at radius 1 is 1.03 bits per heavy atom. The van der Waals surface area contributed by atoms with Crippen LogP contribution in [0.1, 0.15) is 6.42 Å². The highest BCUT2D eigenvalue weighted by molar-refractivity contribution is 6.22. The van der Waals surface area contributed by atoms with Crippen LogP contribution in [0.4, 0.5) is 20.3 Å². The number of benzene rings is 1. The third kappa shape index (κ3) is 4.36. The zero-order valence-electron chi connectivity index (χ0n) is 15.9. The largest absolute Gasteiger partial charge is 0.487 e. The minimum atomic E-state index is -3.83. The van der Waals surface area contributed by atoms with Crippen LogP contribution in [0.25, 0.3) is 0 Å². The van der Waals surface area contributed by atoms with Gasteiger partial charge in [-0.05, 0) is 36.4 Å². The number of alkyl halides is 3. The summed E-state index contributed by atoms with van der Waals surface area (Å²) < 4.78 is 29.7. The van der Waals surface area contributed by atoms with Gasteiger partial charge in [0.25, 0.3) is 5.91 Å². The second-order valence-corrected chi connectivity index (χ2v) is 7.48. The number of halogens is 3. The van der Waals surface area contributed by atoms with Crippen LogP contribution in [-0.4, -0.2) is 59.5 Å². The average Bonchev–Trinajstić information content (AvgIpc) is 3.02. The summed E-state index contributed by atoms with van der Waals surface area (Å²) in [5, 5.41) is 0. The molecular weight excluding hydrogens is 418 g/mol. The molecule has 0 unspecified atom stereocenters. The molecule has 2 saturated heterocycles. The number of carbonyl (C=O) groups excluding carboxylic acids is 2. The van der Waals surface area contributed by atoms with Gasteiger partial charge in [-0.25, -0.2) is 9.88 Å². The first kappa shape index (κ1) is 20.5. The lowest BCUT2D eigenvalue weighted by Gasteiger charge is -2.37. The van der Waals surface area contributed by atoms with Crippen LogP contribution in [0.2, 0.25) is 0 Å². The number of carbonyl (C=O) groups is 2. The van der Waals surface area contributed by atoms with Crippen molar-refractivity contribution in [3.63, 3.8) is 0 Å². The van der Waals surface area contributed by atoms with Gasteiger partial charge < -0.3 is 9.64 Å². The molecule has 3 heterocycles. The van der Waals surface area contributed by atoms with Crippen molar-refractivity contribution in [1.82, 2.24) is 9.88 Å². The van der Waals surface area contributed by atoms with Gasteiger partial charge in [0.15, 0.2) is 0 Å². The van der Waals surface area contributed by atoms with Crippen LogP contribution in [0.3, 0.4) is 0 Å². The second-order valence-electron chi connectivity index (χ2n) is 7.04. The van der Waals surface area contributed by atoms with E-state index >= 15 is 0 Å². The number of nitrogens with zero attached hydrogens (tertiary/aromatic N) is 4. The van der Waals surface area contributed by atoms with Crippen molar-refractivity contribution in [2.45, 2.75) is 18.0 Å². The van der Waals surface area contributed by atoms with Gasteiger partial charge in [0.1, 0.15) is 11.6 Å². The highest BCUT2D eigenvalue weighted by Gasteiger charge is 2.43. The van der Waals surface area contributed by atoms with Crippen LogP contribution in [0.5, 0.6) is 5.75 Å². The molecule has 2 fully saturated rings. The zero-order chi connectivity index (χ0) is 21.3. The minimum absolute atomic E-state index is 0.0838.